The van der Waals surface area contributed by atoms with Gasteiger partial charge in [0.15, 0.2) is 0 Å². The van der Waals surface area contributed by atoms with Crippen LogP contribution in [-0.2, 0) is 0 Å². The van der Waals surface area contributed by atoms with Crippen molar-refractivity contribution in [3.63, 3.8) is 0 Å². The maximum Gasteiger partial charge on any atom is 0.270 e. The number of carbonyl (C=O) groups excluding carboxylic acids is 1. The fourth-order valence-corrected chi connectivity index (χ4v) is 2.62. The number of aliphatic imine (C=N–C) groups is 1. The van der Waals surface area contributed by atoms with Gasteiger partial charge in [0.05, 0.1) is 5.69 Å². The van der Waals surface area contributed by atoms with E-state index in [1.54, 1.807) is 16.8 Å². The number of nitrogens with one attached hydrogen (secondary N) is 1. The van der Waals surface area contributed by atoms with Crippen LogP contribution in [-0.4, -0.2) is 16.8 Å². The van der Waals surface area contributed by atoms with E-state index in [1.807, 2.05) is 68.6 Å². The van der Waals surface area contributed by atoms with Crippen molar-refractivity contribution in [2.24, 2.45) is 4.99 Å². The lowest BCUT2D eigenvalue weighted by Crippen LogP contribution is -2.24. The highest BCUT2D eigenvalue weighted by molar-refractivity contribution is 6.00. The third-order valence-electron chi connectivity index (χ3n) is 4.11. The fraction of sp³-hybridized carbons (Fsp3) is 0.143. The smallest absolute Gasteiger partial charge is 0.267 e. The molecule has 1 aromatic heterocycles. The molecule has 0 saturated heterocycles. The lowest BCUT2D eigenvalue weighted by atomic mass is 10.2. The number of carbonyl (C=O) groups is 1. The van der Waals surface area contributed by atoms with Crippen LogP contribution in [0.2, 0.25) is 0 Å². The summed E-state index contributed by atoms with van der Waals surface area (Å²) in [6.07, 6.45) is 1.83. The van der Waals surface area contributed by atoms with Gasteiger partial charge in [-0.15, -0.1) is 0 Å². The molecule has 0 spiro atoms. The van der Waals surface area contributed by atoms with E-state index in [0.717, 1.165) is 22.6 Å². The second-order valence-corrected chi connectivity index (χ2v) is 6.06. The maximum absolute atomic E-state index is 12.4. The van der Waals surface area contributed by atoms with Crippen molar-refractivity contribution in [2.75, 3.05) is 5.43 Å². The van der Waals surface area contributed by atoms with Gasteiger partial charge in [0, 0.05) is 28.7 Å². The first-order valence-electron chi connectivity index (χ1n) is 8.20. The van der Waals surface area contributed by atoms with Crippen molar-refractivity contribution in [3.05, 3.63) is 88.7 Å². The van der Waals surface area contributed by atoms with Crippen LogP contribution < -0.4 is 5.43 Å². The topological polar surface area (TPSA) is 46.4 Å². The van der Waals surface area contributed by atoms with Gasteiger partial charge in [-0.2, -0.15) is 0 Å². The molecule has 0 bridgehead atoms. The Labute approximate surface area is 147 Å². The van der Waals surface area contributed by atoms with Gasteiger partial charge in [0.25, 0.3) is 5.91 Å². The zero-order valence-electron chi connectivity index (χ0n) is 14.7. The molecule has 1 heterocycles. The molecule has 3 rings (SSSR count). The number of rotatable bonds is 4. The third kappa shape index (κ3) is 3.86. The van der Waals surface area contributed by atoms with Gasteiger partial charge in [-0.3, -0.25) is 19.9 Å². The minimum absolute atomic E-state index is 0.135. The highest BCUT2D eigenvalue weighted by Crippen LogP contribution is 2.16. The molecule has 0 aliphatic carbocycles. The monoisotopic (exact) mass is 331 g/mol. The van der Waals surface area contributed by atoms with Crippen LogP contribution in [0.1, 0.15) is 32.9 Å². The Balaban J connectivity index is 1.81. The number of aryl methyl sites for hydroxylation is 2. The minimum Gasteiger partial charge on any atom is -0.267 e. The quantitative estimate of drug-likeness (QED) is 0.701. The molecule has 3 aromatic rings. The molecule has 25 heavy (non-hydrogen) atoms. The summed E-state index contributed by atoms with van der Waals surface area (Å²) in [4.78, 5) is 16.9. The first-order valence-corrected chi connectivity index (χ1v) is 8.20. The Bertz CT molecular complexity index is 906. The highest BCUT2D eigenvalue weighted by atomic mass is 16.2. The van der Waals surface area contributed by atoms with E-state index in [0.29, 0.717) is 5.56 Å². The molecule has 0 atom stereocenters. The van der Waals surface area contributed by atoms with Crippen LogP contribution in [0.25, 0.3) is 0 Å². The van der Waals surface area contributed by atoms with Gasteiger partial charge in [-0.25, -0.2) is 0 Å². The average Bonchev–Trinajstić information content (AvgIpc) is 2.89. The summed E-state index contributed by atoms with van der Waals surface area (Å²) in [5, 5.41) is 0. The van der Waals surface area contributed by atoms with E-state index in [-0.39, 0.29) is 5.91 Å². The van der Waals surface area contributed by atoms with Crippen LogP contribution in [0.15, 0.2) is 65.7 Å². The number of nitrogens with zero attached hydrogens (tertiary/aromatic N) is 2. The van der Waals surface area contributed by atoms with E-state index in [2.05, 4.69) is 17.3 Å². The number of aromatic nitrogens is 1. The molecule has 0 radical (unpaired) electrons. The second-order valence-electron chi connectivity index (χ2n) is 6.06. The van der Waals surface area contributed by atoms with Crippen molar-refractivity contribution in [1.82, 2.24) is 4.68 Å². The molecule has 0 aliphatic heterocycles. The first-order chi connectivity index (χ1) is 12.0. The van der Waals surface area contributed by atoms with E-state index in [4.69, 9.17) is 0 Å². The maximum atomic E-state index is 12.4. The van der Waals surface area contributed by atoms with Crippen molar-refractivity contribution < 1.29 is 4.79 Å². The van der Waals surface area contributed by atoms with Crippen LogP contribution in [0.3, 0.4) is 0 Å². The van der Waals surface area contributed by atoms with Gasteiger partial charge in [-0.05, 0) is 51.1 Å². The molecule has 0 unspecified atom stereocenters. The molecule has 4 nitrogen and oxygen atoms in total. The van der Waals surface area contributed by atoms with E-state index < -0.39 is 0 Å². The molecular formula is C21H21N3O. The summed E-state index contributed by atoms with van der Waals surface area (Å²) in [7, 11) is 0. The van der Waals surface area contributed by atoms with Crippen LogP contribution in [0.4, 0.5) is 5.69 Å². The lowest BCUT2D eigenvalue weighted by molar-refractivity contribution is 0.101. The minimum atomic E-state index is -0.135. The molecule has 4 heteroatoms. The summed E-state index contributed by atoms with van der Waals surface area (Å²) in [5.74, 6) is -0.135. The summed E-state index contributed by atoms with van der Waals surface area (Å²) in [6.45, 7) is 5.98. The molecule has 126 valence electrons. The normalized spacial score (nSPS) is 11.0. The van der Waals surface area contributed by atoms with Gasteiger partial charge in [0.1, 0.15) is 0 Å². The van der Waals surface area contributed by atoms with Gasteiger partial charge in [-0.1, -0.05) is 35.9 Å². The Kier molecular flexibility index (Phi) is 4.80. The van der Waals surface area contributed by atoms with Gasteiger partial charge < -0.3 is 0 Å². The molecule has 0 saturated carbocycles. The van der Waals surface area contributed by atoms with E-state index >= 15 is 0 Å². The zero-order chi connectivity index (χ0) is 17.8. The van der Waals surface area contributed by atoms with Crippen LogP contribution in [0.5, 0.6) is 0 Å². The predicted molar refractivity (Wildman–Crippen MR) is 102 cm³/mol. The Morgan fingerprint density at radius 2 is 1.68 bits per heavy atom. The summed E-state index contributed by atoms with van der Waals surface area (Å²) in [6, 6.07) is 19.2. The van der Waals surface area contributed by atoms with Gasteiger partial charge >= 0.3 is 0 Å². The van der Waals surface area contributed by atoms with Crippen LogP contribution in [0, 0.1) is 20.8 Å². The lowest BCUT2D eigenvalue weighted by Gasteiger charge is -2.11. The van der Waals surface area contributed by atoms with Gasteiger partial charge in [0.2, 0.25) is 0 Å². The fourth-order valence-electron chi connectivity index (χ4n) is 2.62. The Hall–Kier alpha value is -3.14. The molecule has 1 amide bonds. The predicted octanol–water partition coefficient (Wildman–Crippen LogP) is 4.55. The Morgan fingerprint density at radius 1 is 1.00 bits per heavy atom. The average molecular weight is 331 g/mol. The molecule has 2 aromatic carbocycles. The molecule has 0 aliphatic rings. The SMILES string of the molecule is Cc1ccc(N=Cc2cc(C)n(NC(=O)c3ccccc3)c2C)cc1. The number of hydrogen-bond donors (Lipinski definition) is 1. The zero-order valence-corrected chi connectivity index (χ0v) is 14.7. The van der Waals surface area contributed by atoms with E-state index in [9.17, 15) is 4.79 Å². The largest absolute Gasteiger partial charge is 0.270 e. The summed E-state index contributed by atoms with van der Waals surface area (Å²) >= 11 is 0. The number of hydrogen-bond acceptors (Lipinski definition) is 2. The van der Waals surface area contributed by atoms with Crippen molar-refractivity contribution in [3.8, 4) is 0 Å². The summed E-state index contributed by atoms with van der Waals surface area (Å²) < 4.78 is 1.80. The highest BCUT2D eigenvalue weighted by Gasteiger charge is 2.11. The van der Waals surface area contributed by atoms with E-state index in [1.165, 1.54) is 5.56 Å². The first kappa shape index (κ1) is 16.7. The molecule has 0 fully saturated rings. The molecule has 1 N–H and O–H groups in total. The van der Waals surface area contributed by atoms with Crippen LogP contribution >= 0.6 is 0 Å². The Morgan fingerprint density at radius 3 is 2.36 bits per heavy atom. The van der Waals surface area contributed by atoms with Crippen molar-refractivity contribution in [2.45, 2.75) is 20.8 Å². The standard InChI is InChI=1S/C21H21N3O/c1-15-9-11-20(12-10-15)22-14-19-13-16(2)24(17(19)3)23-21(25)18-7-5-4-6-8-18/h4-14H,1-3H3,(H,23,25). The number of benzene rings is 2. The summed E-state index contributed by atoms with van der Waals surface area (Å²) in [5.41, 5.74) is 8.55. The third-order valence-corrected chi connectivity index (χ3v) is 4.11. The number of amides is 1. The van der Waals surface area contributed by atoms with Crippen molar-refractivity contribution in [1.29, 1.82) is 0 Å². The molecular weight excluding hydrogens is 310 g/mol. The second kappa shape index (κ2) is 7.18. The van der Waals surface area contributed by atoms with Crippen molar-refractivity contribution >= 4 is 17.8 Å².